The van der Waals surface area contributed by atoms with Gasteiger partial charge in [0.1, 0.15) is 0 Å². The topological polar surface area (TPSA) is 58.4 Å². The molecule has 1 aromatic rings. The van der Waals surface area contributed by atoms with E-state index in [1.165, 1.54) is 6.42 Å². The summed E-state index contributed by atoms with van der Waals surface area (Å²) in [4.78, 5) is 14.3. The van der Waals surface area contributed by atoms with Crippen LogP contribution in [0.15, 0.2) is 24.3 Å². The third-order valence-electron chi connectivity index (χ3n) is 3.88. The molecular weight excluding hydrogens is 238 g/mol. The lowest BCUT2D eigenvalue weighted by Crippen LogP contribution is -2.42. The number of nitrogens with one attached hydrogen (secondary N) is 1. The van der Waals surface area contributed by atoms with Gasteiger partial charge in [-0.05, 0) is 50.9 Å². The molecule has 4 heteroatoms. The molecule has 104 valence electrons. The summed E-state index contributed by atoms with van der Waals surface area (Å²) in [6.07, 6.45) is 2.33. The molecule has 3 N–H and O–H groups in total. The number of carbonyl (C=O) groups excluding carboxylic acids is 1. The highest BCUT2D eigenvalue weighted by Gasteiger charge is 2.32. The van der Waals surface area contributed by atoms with Gasteiger partial charge in [0.25, 0.3) is 0 Å². The number of amides is 1. The minimum Gasteiger partial charge on any atom is -0.326 e. The molecule has 1 fully saturated rings. The minimum atomic E-state index is 0.0514. The van der Waals surface area contributed by atoms with Crippen LogP contribution in [0.5, 0.6) is 0 Å². The van der Waals surface area contributed by atoms with Gasteiger partial charge in [-0.15, -0.1) is 0 Å². The number of hydrogen-bond donors (Lipinski definition) is 2. The van der Waals surface area contributed by atoms with E-state index >= 15 is 0 Å². The lowest BCUT2D eigenvalue weighted by atomic mass is 10.0. The second-order valence-electron chi connectivity index (χ2n) is 5.79. The Morgan fingerprint density at radius 3 is 2.58 bits per heavy atom. The summed E-state index contributed by atoms with van der Waals surface area (Å²) in [6, 6.07) is 7.68. The number of rotatable bonds is 4. The van der Waals surface area contributed by atoms with E-state index in [4.69, 9.17) is 5.73 Å². The van der Waals surface area contributed by atoms with E-state index < -0.39 is 0 Å². The molecule has 2 rings (SSSR count). The maximum Gasteiger partial charge on any atom is 0.238 e. The Morgan fingerprint density at radius 1 is 1.37 bits per heavy atom. The van der Waals surface area contributed by atoms with Gasteiger partial charge in [-0.1, -0.05) is 12.1 Å². The summed E-state index contributed by atoms with van der Waals surface area (Å²) in [5, 5.41) is 2.94. The van der Waals surface area contributed by atoms with Crippen molar-refractivity contribution in [2.45, 2.75) is 38.8 Å². The number of nitrogens with zero attached hydrogens (tertiary/aromatic N) is 1. The fourth-order valence-electron chi connectivity index (χ4n) is 2.55. The van der Waals surface area contributed by atoms with Crippen LogP contribution >= 0.6 is 0 Å². The van der Waals surface area contributed by atoms with Gasteiger partial charge in [0.2, 0.25) is 5.91 Å². The van der Waals surface area contributed by atoms with Crippen molar-refractivity contribution >= 4 is 11.6 Å². The van der Waals surface area contributed by atoms with E-state index in [1.807, 2.05) is 24.3 Å². The second kappa shape index (κ2) is 5.72. The lowest BCUT2D eigenvalue weighted by Gasteiger charge is -2.30. The van der Waals surface area contributed by atoms with Crippen LogP contribution in [0.25, 0.3) is 0 Å². The van der Waals surface area contributed by atoms with Crippen molar-refractivity contribution in [2.24, 2.45) is 5.73 Å². The van der Waals surface area contributed by atoms with Gasteiger partial charge in [0.05, 0.1) is 6.54 Å². The van der Waals surface area contributed by atoms with Crippen molar-refractivity contribution in [1.29, 1.82) is 0 Å². The van der Waals surface area contributed by atoms with Crippen LogP contribution in [0.1, 0.15) is 32.3 Å². The second-order valence-corrected chi connectivity index (χ2v) is 5.79. The molecular formula is C15H23N3O. The largest absolute Gasteiger partial charge is 0.326 e. The first-order valence-electron chi connectivity index (χ1n) is 6.85. The van der Waals surface area contributed by atoms with Crippen LogP contribution in [-0.2, 0) is 11.3 Å². The lowest BCUT2D eigenvalue weighted by molar-refractivity contribution is -0.118. The molecule has 0 bridgehead atoms. The van der Waals surface area contributed by atoms with Crippen molar-refractivity contribution in [2.75, 3.05) is 18.4 Å². The third-order valence-corrected chi connectivity index (χ3v) is 3.88. The third kappa shape index (κ3) is 3.55. The maximum atomic E-state index is 12.0. The Kier molecular flexibility index (Phi) is 4.22. The first-order chi connectivity index (χ1) is 9.01. The van der Waals surface area contributed by atoms with Crippen LogP contribution in [0.3, 0.4) is 0 Å². The first kappa shape index (κ1) is 14.0. The maximum absolute atomic E-state index is 12.0. The Bertz CT molecular complexity index is 439. The molecule has 0 spiro atoms. The van der Waals surface area contributed by atoms with Crippen molar-refractivity contribution in [1.82, 2.24) is 4.90 Å². The van der Waals surface area contributed by atoms with E-state index in [1.54, 1.807) is 0 Å². The van der Waals surface area contributed by atoms with E-state index in [-0.39, 0.29) is 11.4 Å². The number of likely N-dealkylation sites (tertiary alicyclic amines) is 1. The number of hydrogen-bond acceptors (Lipinski definition) is 3. The van der Waals surface area contributed by atoms with E-state index in [2.05, 4.69) is 24.1 Å². The molecule has 1 aliphatic rings. The highest BCUT2D eigenvalue weighted by Crippen LogP contribution is 2.27. The first-order valence-corrected chi connectivity index (χ1v) is 6.85. The molecule has 4 nitrogen and oxygen atoms in total. The summed E-state index contributed by atoms with van der Waals surface area (Å²) in [5.41, 5.74) is 7.59. The number of benzene rings is 1. The fraction of sp³-hybridized carbons (Fsp3) is 0.533. The molecule has 19 heavy (non-hydrogen) atoms. The predicted octanol–water partition coefficient (Wildman–Crippen LogP) is 1.96. The standard InChI is InChI=1S/C15H23N3O/c1-15(2)8-3-9-18(15)11-14(19)17-13-6-4-12(10-16)5-7-13/h4-7H,3,8-11,16H2,1-2H3,(H,17,19). The summed E-state index contributed by atoms with van der Waals surface area (Å²) in [7, 11) is 0. The summed E-state index contributed by atoms with van der Waals surface area (Å²) in [6.45, 7) is 6.39. The quantitative estimate of drug-likeness (QED) is 0.871. The zero-order valence-corrected chi connectivity index (χ0v) is 11.8. The smallest absolute Gasteiger partial charge is 0.238 e. The van der Waals surface area contributed by atoms with Gasteiger partial charge < -0.3 is 11.1 Å². The van der Waals surface area contributed by atoms with E-state index in [9.17, 15) is 4.79 Å². The van der Waals surface area contributed by atoms with Gasteiger partial charge in [0, 0.05) is 17.8 Å². The molecule has 0 radical (unpaired) electrons. The zero-order valence-electron chi connectivity index (χ0n) is 11.8. The molecule has 0 aliphatic carbocycles. The van der Waals surface area contributed by atoms with Crippen molar-refractivity contribution in [3.8, 4) is 0 Å². The van der Waals surface area contributed by atoms with Gasteiger partial charge >= 0.3 is 0 Å². The molecule has 1 aliphatic heterocycles. The Hall–Kier alpha value is -1.39. The number of carbonyl (C=O) groups is 1. The average molecular weight is 261 g/mol. The predicted molar refractivity (Wildman–Crippen MR) is 77.8 cm³/mol. The monoisotopic (exact) mass is 261 g/mol. The number of nitrogens with two attached hydrogens (primary N) is 1. The van der Waals surface area contributed by atoms with E-state index in [0.29, 0.717) is 13.1 Å². The Morgan fingerprint density at radius 2 is 2.05 bits per heavy atom. The van der Waals surface area contributed by atoms with Gasteiger partial charge in [-0.3, -0.25) is 9.69 Å². The van der Waals surface area contributed by atoms with Crippen LogP contribution in [0, 0.1) is 0 Å². The highest BCUT2D eigenvalue weighted by molar-refractivity contribution is 5.92. The molecule has 0 unspecified atom stereocenters. The van der Waals surface area contributed by atoms with E-state index in [0.717, 1.165) is 24.2 Å². The molecule has 1 aromatic carbocycles. The molecule has 1 amide bonds. The van der Waals surface area contributed by atoms with Crippen LogP contribution in [-0.4, -0.2) is 29.4 Å². The van der Waals surface area contributed by atoms with Gasteiger partial charge in [-0.2, -0.15) is 0 Å². The van der Waals surface area contributed by atoms with Crippen molar-refractivity contribution in [3.05, 3.63) is 29.8 Å². The molecule has 1 heterocycles. The Balaban J connectivity index is 1.90. The minimum absolute atomic E-state index is 0.0514. The molecule has 0 atom stereocenters. The summed E-state index contributed by atoms with van der Waals surface area (Å²) in [5.74, 6) is 0.0514. The van der Waals surface area contributed by atoms with Crippen LogP contribution in [0.2, 0.25) is 0 Å². The van der Waals surface area contributed by atoms with Gasteiger partial charge in [-0.25, -0.2) is 0 Å². The summed E-state index contributed by atoms with van der Waals surface area (Å²) >= 11 is 0. The highest BCUT2D eigenvalue weighted by atomic mass is 16.2. The van der Waals surface area contributed by atoms with Gasteiger partial charge in [0.15, 0.2) is 0 Å². The SMILES string of the molecule is CC1(C)CCCN1CC(=O)Nc1ccc(CN)cc1. The average Bonchev–Trinajstić information content (AvgIpc) is 2.69. The molecule has 0 aromatic heterocycles. The molecule has 0 saturated carbocycles. The fourth-order valence-corrected chi connectivity index (χ4v) is 2.55. The van der Waals surface area contributed by atoms with Crippen molar-refractivity contribution < 1.29 is 4.79 Å². The number of anilines is 1. The van der Waals surface area contributed by atoms with Crippen molar-refractivity contribution in [3.63, 3.8) is 0 Å². The summed E-state index contributed by atoms with van der Waals surface area (Å²) < 4.78 is 0. The normalized spacial score (nSPS) is 18.5. The van der Waals surface area contributed by atoms with Crippen LogP contribution in [0.4, 0.5) is 5.69 Å². The Labute approximate surface area is 115 Å². The molecule has 1 saturated heterocycles. The van der Waals surface area contributed by atoms with Crippen LogP contribution < -0.4 is 11.1 Å². The zero-order chi connectivity index (χ0) is 13.9.